The number of imidazole rings is 1. The van der Waals surface area contributed by atoms with Crippen LogP contribution in [0.4, 0.5) is 0 Å². The maximum atomic E-state index is 11.9. The number of nitrogens with one attached hydrogen (secondary N) is 3. The van der Waals surface area contributed by atoms with Gasteiger partial charge in [-0.05, 0) is 36.2 Å². The minimum absolute atomic E-state index is 0.117. The molecule has 3 rings (SSSR count). The summed E-state index contributed by atoms with van der Waals surface area (Å²) in [5, 5.41) is 2.85. The molecular formula is C15H14N4O2. The van der Waals surface area contributed by atoms with Crippen LogP contribution in [0.5, 0.6) is 0 Å². The van der Waals surface area contributed by atoms with Gasteiger partial charge in [-0.15, -0.1) is 0 Å². The quantitative estimate of drug-likeness (QED) is 0.672. The highest BCUT2D eigenvalue weighted by Gasteiger charge is 2.04. The predicted octanol–water partition coefficient (Wildman–Crippen LogP) is 1.22. The highest BCUT2D eigenvalue weighted by Crippen LogP contribution is 2.10. The van der Waals surface area contributed by atoms with Crippen molar-refractivity contribution in [2.75, 3.05) is 6.54 Å². The third-order valence-electron chi connectivity index (χ3n) is 3.22. The average Bonchev–Trinajstić information content (AvgIpc) is 2.87. The van der Waals surface area contributed by atoms with Gasteiger partial charge in [-0.2, -0.15) is 0 Å². The van der Waals surface area contributed by atoms with Crippen molar-refractivity contribution in [1.29, 1.82) is 0 Å². The Bertz CT molecular complexity index is 820. The summed E-state index contributed by atoms with van der Waals surface area (Å²) in [6.45, 7) is 0.529. The summed E-state index contributed by atoms with van der Waals surface area (Å²) in [6, 6.07) is 9.04. The van der Waals surface area contributed by atoms with E-state index in [2.05, 4.69) is 20.3 Å². The van der Waals surface area contributed by atoms with Crippen molar-refractivity contribution < 1.29 is 4.79 Å². The highest BCUT2D eigenvalue weighted by atomic mass is 16.1. The molecule has 0 aliphatic carbocycles. The van der Waals surface area contributed by atoms with E-state index in [1.54, 1.807) is 24.5 Å². The number of aromatic nitrogens is 3. The number of rotatable bonds is 4. The second-order valence-corrected chi connectivity index (χ2v) is 4.70. The molecule has 0 aliphatic heterocycles. The molecule has 2 aromatic heterocycles. The molecule has 0 unspecified atom stereocenters. The fourth-order valence-corrected chi connectivity index (χ4v) is 2.16. The van der Waals surface area contributed by atoms with Crippen molar-refractivity contribution in [2.45, 2.75) is 6.42 Å². The van der Waals surface area contributed by atoms with Gasteiger partial charge in [0.1, 0.15) is 0 Å². The van der Waals surface area contributed by atoms with E-state index in [-0.39, 0.29) is 11.6 Å². The topological polar surface area (TPSA) is 90.6 Å². The molecule has 1 amide bonds. The number of H-pyrrole nitrogens is 2. The zero-order valence-electron chi connectivity index (χ0n) is 11.2. The predicted molar refractivity (Wildman–Crippen MR) is 79.2 cm³/mol. The van der Waals surface area contributed by atoms with Crippen molar-refractivity contribution in [3.8, 4) is 0 Å². The lowest BCUT2D eigenvalue weighted by Crippen LogP contribution is -2.25. The maximum absolute atomic E-state index is 11.9. The molecular weight excluding hydrogens is 268 g/mol. The van der Waals surface area contributed by atoms with Crippen LogP contribution < -0.4 is 11.0 Å². The van der Waals surface area contributed by atoms with Crippen molar-refractivity contribution in [2.24, 2.45) is 0 Å². The van der Waals surface area contributed by atoms with E-state index in [1.807, 2.05) is 18.2 Å². The first kappa shape index (κ1) is 13.1. The lowest BCUT2D eigenvalue weighted by molar-refractivity contribution is 0.0954. The number of hydrogen-bond acceptors (Lipinski definition) is 3. The second-order valence-electron chi connectivity index (χ2n) is 4.70. The van der Waals surface area contributed by atoms with E-state index in [4.69, 9.17) is 0 Å². The number of amides is 1. The molecule has 3 N–H and O–H groups in total. The molecule has 0 fully saturated rings. The molecule has 0 radical (unpaired) electrons. The van der Waals surface area contributed by atoms with Gasteiger partial charge in [0, 0.05) is 24.5 Å². The summed E-state index contributed by atoms with van der Waals surface area (Å²) in [4.78, 5) is 32.3. The summed E-state index contributed by atoms with van der Waals surface area (Å²) in [5.41, 5.74) is 2.99. The largest absolute Gasteiger partial charge is 0.352 e. The molecule has 6 nitrogen and oxygen atoms in total. The van der Waals surface area contributed by atoms with Crippen LogP contribution in [0, 0.1) is 0 Å². The Balaban J connectivity index is 1.61. The minimum Gasteiger partial charge on any atom is -0.352 e. The van der Waals surface area contributed by atoms with Crippen LogP contribution in [0.2, 0.25) is 0 Å². The lowest BCUT2D eigenvalue weighted by atomic mass is 10.1. The average molecular weight is 282 g/mol. The Labute approximate surface area is 120 Å². The number of aromatic amines is 2. The molecule has 0 spiro atoms. The van der Waals surface area contributed by atoms with Crippen LogP contribution >= 0.6 is 0 Å². The van der Waals surface area contributed by atoms with Crippen LogP contribution in [0.1, 0.15) is 15.9 Å². The molecule has 0 atom stereocenters. The number of benzene rings is 1. The van der Waals surface area contributed by atoms with E-state index in [0.717, 1.165) is 16.6 Å². The number of pyridine rings is 1. The van der Waals surface area contributed by atoms with Crippen LogP contribution in [0.3, 0.4) is 0 Å². The smallest absolute Gasteiger partial charge is 0.323 e. The van der Waals surface area contributed by atoms with Crippen molar-refractivity contribution >= 4 is 16.9 Å². The molecule has 0 saturated heterocycles. The lowest BCUT2D eigenvalue weighted by Gasteiger charge is -2.05. The molecule has 6 heteroatoms. The normalized spacial score (nSPS) is 10.7. The highest BCUT2D eigenvalue weighted by molar-refractivity contribution is 5.93. The molecule has 2 heterocycles. The Hall–Kier alpha value is -2.89. The molecule has 1 aromatic carbocycles. The Morgan fingerprint density at radius 3 is 2.67 bits per heavy atom. The maximum Gasteiger partial charge on any atom is 0.323 e. The molecule has 3 aromatic rings. The molecule has 21 heavy (non-hydrogen) atoms. The van der Waals surface area contributed by atoms with Crippen LogP contribution in [-0.4, -0.2) is 27.4 Å². The first-order valence-electron chi connectivity index (χ1n) is 6.61. The van der Waals surface area contributed by atoms with E-state index in [1.165, 1.54) is 0 Å². The monoisotopic (exact) mass is 282 g/mol. The van der Waals surface area contributed by atoms with Gasteiger partial charge >= 0.3 is 5.69 Å². The van der Waals surface area contributed by atoms with Crippen molar-refractivity contribution in [3.05, 3.63) is 64.3 Å². The Kier molecular flexibility index (Phi) is 3.51. The minimum atomic E-state index is -0.215. The Morgan fingerprint density at radius 1 is 1.10 bits per heavy atom. The number of hydrogen-bond donors (Lipinski definition) is 3. The molecule has 0 aliphatic rings. The number of fused-ring (bicyclic) bond motifs is 1. The van der Waals surface area contributed by atoms with Gasteiger partial charge in [0.25, 0.3) is 5.91 Å². The molecule has 106 valence electrons. The SMILES string of the molecule is O=C(NCCc1ccc2[nH]c(=O)[nH]c2c1)c1ccncc1. The van der Waals surface area contributed by atoms with Gasteiger partial charge in [-0.1, -0.05) is 6.07 Å². The van der Waals surface area contributed by atoms with Gasteiger partial charge < -0.3 is 15.3 Å². The van der Waals surface area contributed by atoms with E-state index in [9.17, 15) is 9.59 Å². The Morgan fingerprint density at radius 2 is 1.86 bits per heavy atom. The fraction of sp³-hybridized carbons (Fsp3) is 0.133. The van der Waals surface area contributed by atoms with E-state index < -0.39 is 0 Å². The zero-order valence-corrected chi connectivity index (χ0v) is 11.2. The molecule has 0 saturated carbocycles. The van der Waals surface area contributed by atoms with Gasteiger partial charge in [0.2, 0.25) is 0 Å². The van der Waals surface area contributed by atoms with Gasteiger partial charge in [0.05, 0.1) is 11.0 Å². The van der Waals surface area contributed by atoms with E-state index >= 15 is 0 Å². The van der Waals surface area contributed by atoms with Gasteiger partial charge in [-0.25, -0.2) is 4.79 Å². The van der Waals surface area contributed by atoms with E-state index in [0.29, 0.717) is 18.5 Å². The summed E-state index contributed by atoms with van der Waals surface area (Å²) in [5.74, 6) is -0.117. The van der Waals surface area contributed by atoms with Gasteiger partial charge in [0.15, 0.2) is 0 Å². The van der Waals surface area contributed by atoms with Gasteiger partial charge in [-0.3, -0.25) is 9.78 Å². The third-order valence-corrected chi connectivity index (χ3v) is 3.22. The number of carbonyl (C=O) groups is 1. The summed E-state index contributed by atoms with van der Waals surface area (Å²) >= 11 is 0. The third kappa shape index (κ3) is 3.00. The zero-order chi connectivity index (χ0) is 14.7. The summed E-state index contributed by atoms with van der Waals surface area (Å²) in [6.07, 6.45) is 3.87. The van der Waals surface area contributed by atoms with Crippen LogP contribution in [0.25, 0.3) is 11.0 Å². The number of carbonyl (C=O) groups excluding carboxylic acids is 1. The molecule has 0 bridgehead atoms. The van der Waals surface area contributed by atoms with Crippen molar-refractivity contribution in [1.82, 2.24) is 20.3 Å². The first-order valence-corrected chi connectivity index (χ1v) is 6.61. The standard InChI is InChI=1S/C15H14N4O2/c20-14(11-4-6-16-7-5-11)17-8-3-10-1-2-12-13(9-10)19-15(21)18-12/h1-2,4-7,9H,3,8H2,(H,17,20)(H2,18,19,21). The number of nitrogens with zero attached hydrogens (tertiary/aromatic N) is 1. The van der Waals surface area contributed by atoms with Crippen LogP contribution in [0.15, 0.2) is 47.5 Å². The fourth-order valence-electron chi connectivity index (χ4n) is 2.16. The summed E-state index contributed by atoms with van der Waals surface area (Å²) in [7, 11) is 0. The van der Waals surface area contributed by atoms with Crippen LogP contribution in [-0.2, 0) is 6.42 Å². The first-order chi connectivity index (χ1) is 10.2. The summed E-state index contributed by atoms with van der Waals surface area (Å²) < 4.78 is 0. The second kappa shape index (κ2) is 5.62. The van der Waals surface area contributed by atoms with Crippen molar-refractivity contribution in [3.63, 3.8) is 0 Å².